The lowest BCUT2D eigenvalue weighted by Crippen LogP contribution is -2.35. The predicted molar refractivity (Wildman–Crippen MR) is 74.0 cm³/mol. The molecule has 2 aromatic rings. The van der Waals surface area contributed by atoms with E-state index in [-0.39, 0.29) is 5.91 Å². The normalized spacial score (nSPS) is 13.3. The number of aromatic nitrogens is 2. The van der Waals surface area contributed by atoms with Gasteiger partial charge >= 0.3 is 0 Å². The van der Waals surface area contributed by atoms with Crippen LogP contribution in [0.1, 0.15) is 15.9 Å². The number of benzene rings is 1. The largest absolute Gasteiger partial charge is 0.435 e. The molecule has 2 N–H and O–H groups in total. The van der Waals surface area contributed by atoms with E-state index in [1.165, 1.54) is 17.3 Å². The molecule has 1 amide bonds. The van der Waals surface area contributed by atoms with Crippen LogP contribution in [-0.4, -0.2) is 29.0 Å². The average molecular weight is 270 g/mol. The number of hydrogen-bond acceptors (Lipinski definition) is 5. The predicted octanol–water partition coefficient (Wildman–Crippen LogP) is 1.50. The molecule has 102 valence electrons. The second-order valence-corrected chi connectivity index (χ2v) is 4.48. The number of nitrogens with two attached hydrogens (primary N) is 1. The van der Waals surface area contributed by atoms with E-state index in [1.54, 1.807) is 6.07 Å². The van der Waals surface area contributed by atoms with Crippen molar-refractivity contribution in [1.82, 2.24) is 9.97 Å². The molecule has 0 radical (unpaired) electrons. The first-order valence-corrected chi connectivity index (χ1v) is 6.33. The molecule has 3 rings (SSSR count). The Balaban J connectivity index is 2.22. The minimum atomic E-state index is -0.173. The Hall–Kier alpha value is -2.47. The van der Waals surface area contributed by atoms with Gasteiger partial charge in [0.2, 0.25) is 0 Å². The van der Waals surface area contributed by atoms with Crippen molar-refractivity contribution in [2.75, 3.05) is 18.0 Å². The van der Waals surface area contributed by atoms with Crippen LogP contribution in [0, 0.1) is 6.92 Å². The third kappa shape index (κ3) is 1.90. The molecule has 0 fully saturated rings. The fourth-order valence-corrected chi connectivity index (χ4v) is 2.21. The summed E-state index contributed by atoms with van der Waals surface area (Å²) in [6, 6.07) is 5.45. The summed E-state index contributed by atoms with van der Waals surface area (Å²) < 4.78 is 5.80. The molecule has 0 bridgehead atoms. The Morgan fingerprint density at radius 2 is 2.10 bits per heavy atom. The highest BCUT2D eigenvalue weighted by Crippen LogP contribution is 2.37. The molecule has 0 saturated heterocycles. The summed E-state index contributed by atoms with van der Waals surface area (Å²) in [6.07, 6.45) is 3.06. The molecule has 1 aromatic heterocycles. The van der Waals surface area contributed by atoms with Gasteiger partial charge in [0.25, 0.3) is 11.8 Å². The Morgan fingerprint density at radius 3 is 2.90 bits per heavy atom. The summed E-state index contributed by atoms with van der Waals surface area (Å²) in [7, 11) is 0. The van der Waals surface area contributed by atoms with Crippen molar-refractivity contribution in [1.29, 1.82) is 0 Å². The van der Waals surface area contributed by atoms with E-state index in [9.17, 15) is 4.79 Å². The van der Waals surface area contributed by atoms with E-state index in [4.69, 9.17) is 10.5 Å². The zero-order valence-corrected chi connectivity index (χ0v) is 11.0. The highest BCUT2D eigenvalue weighted by Gasteiger charge is 2.30. The van der Waals surface area contributed by atoms with Gasteiger partial charge in [0.1, 0.15) is 5.75 Å². The van der Waals surface area contributed by atoms with Crippen LogP contribution in [0.4, 0.5) is 5.82 Å². The van der Waals surface area contributed by atoms with Crippen LogP contribution in [0.5, 0.6) is 11.6 Å². The number of aryl methyl sites for hydroxylation is 1. The lowest BCUT2D eigenvalue weighted by molar-refractivity contribution is 0.0987. The molecule has 0 saturated carbocycles. The number of rotatable bonds is 2. The minimum absolute atomic E-state index is 0.173. The van der Waals surface area contributed by atoms with Crippen LogP contribution in [-0.2, 0) is 0 Å². The SMILES string of the molecule is Cc1cccc2c1Oc1nccnc1N(CCN)C2=O. The molecule has 6 heteroatoms. The molecule has 0 atom stereocenters. The zero-order valence-electron chi connectivity index (χ0n) is 11.0. The van der Waals surface area contributed by atoms with E-state index in [2.05, 4.69) is 9.97 Å². The lowest BCUT2D eigenvalue weighted by Gasteiger charge is -2.19. The first kappa shape index (κ1) is 12.6. The first-order valence-electron chi connectivity index (χ1n) is 6.33. The highest BCUT2D eigenvalue weighted by atomic mass is 16.5. The number of anilines is 1. The van der Waals surface area contributed by atoms with E-state index in [0.29, 0.717) is 36.1 Å². The monoisotopic (exact) mass is 270 g/mol. The van der Waals surface area contributed by atoms with Crippen molar-refractivity contribution in [3.05, 3.63) is 41.7 Å². The first-order chi connectivity index (χ1) is 9.72. The molecule has 20 heavy (non-hydrogen) atoms. The smallest absolute Gasteiger partial charge is 0.263 e. The van der Waals surface area contributed by atoms with Gasteiger partial charge in [-0.05, 0) is 18.6 Å². The molecular formula is C14H14N4O2. The summed E-state index contributed by atoms with van der Waals surface area (Å²) in [5.74, 6) is 1.08. The van der Waals surface area contributed by atoms with Gasteiger partial charge < -0.3 is 10.5 Å². The summed E-state index contributed by atoms with van der Waals surface area (Å²) in [4.78, 5) is 22.5. The Morgan fingerprint density at radius 1 is 1.30 bits per heavy atom. The van der Waals surface area contributed by atoms with Gasteiger partial charge in [-0.3, -0.25) is 9.69 Å². The van der Waals surface area contributed by atoms with E-state index in [0.717, 1.165) is 5.56 Å². The fourth-order valence-electron chi connectivity index (χ4n) is 2.21. The maximum atomic E-state index is 12.7. The van der Waals surface area contributed by atoms with Gasteiger partial charge in [0.05, 0.1) is 5.56 Å². The number of amides is 1. The van der Waals surface area contributed by atoms with E-state index < -0.39 is 0 Å². The lowest BCUT2D eigenvalue weighted by atomic mass is 10.1. The molecule has 6 nitrogen and oxygen atoms in total. The van der Waals surface area contributed by atoms with Crippen molar-refractivity contribution < 1.29 is 9.53 Å². The summed E-state index contributed by atoms with van der Waals surface area (Å²) in [5, 5.41) is 0. The standard InChI is InChI=1S/C14H14N4O2/c1-9-3-2-4-10-11(9)20-13-12(16-6-7-17-13)18(8-5-15)14(10)19/h2-4,6-7H,5,8,15H2,1H3. The Labute approximate surface area is 116 Å². The fraction of sp³-hybridized carbons (Fsp3) is 0.214. The van der Waals surface area contributed by atoms with E-state index in [1.807, 2.05) is 19.1 Å². The van der Waals surface area contributed by atoms with Crippen molar-refractivity contribution in [3.8, 4) is 11.6 Å². The zero-order chi connectivity index (χ0) is 14.1. The van der Waals surface area contributed by atoms with Crippen LogP contribution >= 0.6 is 0 Å². The minimum Gasteiger partial charge on any atom is -0.435 e. The van der Waals surface area contributed by atoms with Crippen molar-refractivity contribution >= 4 is 11.7 Å². The maximum absolute atomic E-state index is 12.7. The molecule has 2 heterocycles. The highest BCUT2D eigenvalue weighted by molar-refractivity contribution is 6.09. The summed E-state index contributed by atoms with van der Waals surface area (Å²) in [5.41, 5.74) is 6.97. The average Bonchev–Trinajstić information content (AvgIpc) is 2.58. The van der Waals surface area contributed by atoms with Gasteiger partial charge in [-0.1, -0.05) is 12.1 Å². The van der Waals surface area contributed by atoms with Crippen LogP contribution in [0.25, 0.3) is 0 Å². The molecule has 0 aliphatic carbocycles. The van der Waals surface area contributed by atoms with Crippen molar-refractivity contribution in [2.24, 2.45) is 5.73 Å². The maximum Gasteiger partial charge on any atom is 0.263 e. The Bertz CT molecular complexity index is 672. The van der Waals surface area contributed by atoms with Crippen LogP contribution in [0.2, 0.25) is 0 Å². The number of nitrogens with zero attached hydrogens (tertiary/aromatic N) is 3. The van der Waals surface area contributed by atoms with Gasteiger partial charge in [-0.2, -0.15) is 0 Å². The van der Waals surface area contributed by atoms with Gasteiger partial charge in [-0.25, -0.2) is 9.97 Å². The number of fused-ring (bicyclic) bond motifs is 2. The second-order valence-electron chi connectivity index (χ2n) is 4.48. The summed E-state index contributed by atoms with van der Waals surface area (Å²) in [6.45, 7) is 2.59. The second kappa shape index (κ2) is 4.90. The topological polar surface area (TPSA) is 81.3 Å². The summed E-state index contributed by atoms with van der Waals surface area (Å²) >= 11 is 0. The number of ether oxygens (including phenoxy) is 1. The van der Waals surface area contributed by atoms with Crippen molar-refractivity contribution in [3.63, 3.8) is 0 Å². The quantitative estimate of drug-likeness (QED) is 0.894. The number of para-hydroxylation sites is 1. The number of carbonyl (C=O) groups excluding carboxylic acids is 1. The van der Waals surface area contributed by atoms with Crippen LogP contribution in [0.15, 0.2) is 30.6 Å². The van der Waals surface area contributed by atoms with Gasteiger partial charge in [0, 0.05) is 25.5 Å². The molecule has 1 aliphatic rings. The molecule has 0 unspecified atom stereocenters. The van der Waals surface area contributed by atoms with Gasteiger partial charge in [-0.15, -0.1) is 0 Å². The molecule has 1 aromatic carbocycles. The molecule has 1 aliphatic heterocycles. The van der Waals surface area contributed by atoms with Crippen molar-refractivity contribution in [2.45, 2.75) is 6.92 Å². The van der Waals surface area contributed by atoms with Gasteiger partial charge in [0.15, 0.2) is 5.82 Å². The Kier molecular flexibility index (Phi) is 3.08. The van der Waals surface area contributed by atoms with Crippen LogP contribution in [0.3, 0.4) is 0 Å². The van der Waals surface area contributed by atoms with Crippen LogP contribution < -0.4 is 15.4 Å². The molecular weight excluding hydrogens is 256 g/mol. The third-order valence-electron chi connectivity index (χ3n) is 3.14. The molecule has 0 spiro atoms. The number of hydrogen-bond donors (Lipinski definition) is 1. The third-order valence-corrected chi connectivity index (χ3v) is 3.14. The number of carbonyl (C=O) groups is 1. The van der Waals surface area contributed by atoms with E-state index >= 15 is 0 Å².